The van der Waals surface area contributed by atoms with Crippen LogP contribution in [-0.2, 0) is 22.4 Å². The maximum Gasteiger partial charge on any atom is 0.341 e. The number of aryl methyl sites for hydroxylation is 1. The monoisotopic (exact) mass is 430 g/mol. The Hall–Kier alpha value is -2.39. The number of pyridine rings is 1. The van der Waals surface area contributed by atoms with Crippen LogP contribution >= 0.6 is 23.1 Å². The number of thiophene rings is 1. The van der Waals surface area contributed by atoms with Crippen LogP contribution < -0.4 is 5.32 Å². The van der Waals surface area contributed by atoms with E-state index in [1.165, 1.54) is 28.0 Å². The molecule has 0 bridgehead atoms. The molecule has 0 fully saturated rings. The van der Waals surface area contributed by atoms with Crippen LogP contribution in [0, 0.1) is 0 Å². The molecule has 3 aromatic rings. The van der Waals surface area contributed by atoms with Crippen molar-refractivity contribution >= 4 is 45.6 Å². The van der Waals surface area contributed by atoms with Gasteiger partial charge in [0.1, 0.15) is 5.00 Å². The number of carbonyl (C=O) groups excluding carboxylic acids is 2. The predicted octanol–water partition coefficient (Wildman–Crippen LogP) is 3.97. The zero-order valence-electron chi connectivity index (χ0n) is 16.3. The van der Waals surface area contributed by atoms with Crippen LogP contribution in [0.2, 0.25) is 0 Å². The number of ether oxygens (including phenoxy) is 1. The maximum atomic E-state index is 12.9. The van der Waals surface area contributed by atoms with Crippen LogP contribution in [0.3, 0.4) is 0 Å². The highest BCUT2D eigenvalue weighted by atomic mass is 32.2. The molecular formula is C20H22N4O3S2. The molecule has 3 aromatic heterocycles. The Morgan fingerprint density at radius 2 is 2.14 bits per heavy atom. The van der Waals surface area contributed by atoms with Crippen molar-refractivity contribution in [1.82, 2.24) is 14.6 Å². The smallest absolute Gasteiger partial charge is 0.341 e. The molecule has 1 amide bonds. The predicted molar refractivity (Wildman–Crippen MR) is 114 cm³/mol. The second-order valence-electron chi connectivity index (χ2n) is 6.80. The van der Waals surface area contributed by atoms with E-state index in [-0.39, 0.29) is 11.9 Å². The van der Waals surface area contributed by atoms with E-state index in [2.05, 4.69) is 15.5 Å². The lowest BCUT2D eigenvalue weighted by Crippen LogP contribution is -2.23. The number of nitrogens with one attached hydrogen (secondary N) is 1. The third-order valence-corrected chi connectivity index (χ3v) is 7.09. The lowest BCUT2D eigenvalue weighted by atomic mass is 9.95. The highest BCUT2D eigenvalue weighted by Gasteiger charge is 2.28. The zero-order chi connectivity index (χ0) is 20.4. The number of rotatable bonds is 6. The zero-order valence-corrected chi connectivity index (χ0v) is 17.9. The molecule has 152 valence electrons. The second-order valence-corrected chi connectivity index (χ2v) is 9.21. The molecule has 1 aliphatic carbocycles. The summed E-state index contributed by atoms with van der Waals surface area (Å²) in [6.45, 7) is 3.92. The second kappa shape index (κ2) is 8.54. The first kappa shape index (κ1) is 19.9. The number of hydrogen-bond acceptors (Lipinski definition) is 7. The number of nitrogens with zero attached hydrogens (tertiary/aromatic N) is 3. The first-order valence-corrected chi connectivity index (χ1v) is 11.4. The van der Waals surface area contributed by atoms with Gasteiger partial charge in [0, 0.05) is 11.1 Å². The molecule has 7 nitrogen and oxygen atoms in total. The number of thioether (sulfide) groups is 1. The minimum atomic E-state index is -0.406. The fourth-order valence-corrected chi connectivity index (χ4v) is 5.52. The Morgan fingerprint density at radius 1 is 1.31 bits per heavy atom. The van der Waals surface area contributed by atoms with Gasteiger partial charge in [0.15, 0.2) is 10.8 Å². The van der Waals surface area contributed by atoms with Crippen molar-refractivity contribution in [1.29, 1.82) is 0 Å². The molecule has 4 rings (SSSR count). The van der Waals surface area contributed by atoms with E-state index in [0.717, 1.165) is 36.9 Å². The Kier molecular flexibility index (Phi) is 5.86. The molecule has 29 heavy (non-hydrogen) atoms. The number of esters is 1. The minimum absolute atomic E-state index is 0.174. The van der Waals surface area contributed by atoms with E-state index in [0.29, 0.717) is 22.3 Å². The van der Waals surface area contributed by atoms with E-state index >= 15 is 0 Å². The van der Waals surface area contributed by atoms with Crippen molar-refractivity contribution in [2.45, 2.75) is 49.9 Å². The molecule has 3 heterocycles. The molecular weight excluding hydrogens is 408 g/mol. The lowest BCUT2D eigenvalue weighted by Gasteiger charge is -2.13. The number of fused-ring (bicyclic) bond motifs is 2. The Labute approximate surface area is 176 Å². The Bertz CT molecular complexity index is 1060. The first-order valence-electron chi connectivity index (χ1n) is 9.67. The molecule has 0 saturated heterocycles. The maximum absolute atomic E-state index is 12.9. The van der Waals surface area contributed by atoms with E-state index in [4.69, 9.17) is 4.74 Å². The summed E-state index contributed by atoms with van der Waals surface area (Å²) in [5.74, 6) is -0.530. The van der Waals surface area contributed by atoms with Gasteiger partial charge in [-0.05, 0) is 57.2 Å². The van der Waals surface area contributed by atoms with Gasteiger partial charge in [-0.2, -0.15) is 0 Å². The van der Waals surface area contributed by atoms with Gasteiger partial charge in [0.05, 0.1) is 17.4 Å². The molecule has 1 unspecified atom stereocenters. The number of carbonyl (C=O) groups is 2. The summed E-state index contributed by atoms with van der Waals surface area (Å²) in [7, 11) is 0. The first-order chi connectivity index (χ1) is 14.1. The van der Waals surface area contributed by atoms with E-state index in [1.807, 2.05) is 35.7 Å². The standard InChI is InChI=1S/C20H22N4O3S2/c1-3-27-19(26)16-13-8-4-5-9-14(13)29-18(16)21-17(25)12(2)28-20-23-22-15-10-6-7-11-24(15)20/h6-7,10-12H,3-5,8-9H2,1-2H3,(H,21,25). The third kappa shape index (κ3) is 4.02. The van der Waals surface area contributed by atoms with Crippen LogP contribution in [0.1, 0.15) is 47.5 Å². The van der Waals surface area contributed by atoms with Gasteiger partial charge in [-0.1, -0.05) is 17.8 Å². The minimum Gasteiger partial charge on any atom is -0.462 e. The van der Waals surface area contributed by atoms with E-state index < -0.39 is 5.25 Å². The molecule has 0 radical (unpaired) electrons. The summed E-state index contributed by atoms with van der Waals surface area (Å²) in [5.41, 5.74) is 2.31. The summed E-state index contributed by atoms with van der Waals surface area (Å²) in [6, 6.07) is 5.65. The van der Waals surface area contributed by atoms with Gasteiger partial charge in [-0.3, -0.25) is 9.20 Å². The number of anilines is 1. The number of hydrogen-bond donors (Lipinski definition) is 1. The molecule has 1 N–H and O–H groups in total. The van der Waals surface area contributed by atoms with Crippen LogP contribution in [-0.4, -0.2) is 38.3 Å². The van der Waals surface area contributed by atoms with Crippen LogP contribution in [0.4, 0.5) is 5.00 Å². The highest BCUT2D eigenvalue weighted by Crippen LogP contribution is 2.39. The average Bonchev–Trinajstić information content (AvgIpc) is 3.29. The summed E-state index contributed by atoms with van der Waals surface area (Å²) < 4.78 is 7.11. The summed E-state index contributed by atoms with van der Waals surface area (Å²) in [4.78, 5) is 26.6. The molecule has 1 atom stereocenters. The van der Waals surface area contributed by atoms with Crippen molar-refractivity contribution in [3.8, 4) is 0 Å². The fraction of sp³-hybridized carbons (Fsp3) is 0.400. The van der Waals surface area contributed by atoms with Crippen molar-refractivity contribution in [3.63, 3.8) is 0 Å². The Morgan fingerprint density at radius 3 is 2.97 bits per heavy atom. The van der Waals surface area contributed by atoms with Crippen LogP contribution in [0.25, 0.3) is 5.65 Å². The summed E-state index contributed by atoms with van der Waals surface area (Å²) in [5, 5.41) is 12.1. The Balaban J connectivity index is 1.54. The molecule has 0 spiro atoms. The van der Waals surface area contributed by atoms with Crippen molar-refractivity contribution in [2.24, 2.45) is 0 Å². The van der Waals surface area contributed by atoms with Gasteiger partial charge in [-0.25, -0.2) is 4.79 Å². The van der Waals surface area contributed by atoms with Crippen LogP contribution in [0.5, 0.6) is 0 Å². The number of aromatic nitrogens is 3. The van der Waals surface area contributed by atoms with Crippen LogP contribution in [0.15, 0.2) is 29.6 Å². The number of amides is 1. The van der Waals surface area contributed by atoms with Gasteiger partial charge in [-0.15, -0.1) is 21.5 Å². The van der Waals surface area contributed by atoms with Gasteiger partial charge in [0.2, 0.25) is 5.91 Å². The van der Waals surface area contributed by atoms with Crippen molar-refractivity contribution < 1.29 is 14.3 Å². The van der Waals surface area contributed by atoms with Crippen molar-refractivity contribution in [2.75, 3.05) is 11.9 Å². The van der Waals surface area contributed by atoms with Crippen molar-refractivity contribution in [3.05, 3.63) is 40.4 Å². The van der Waals surface area contributed by atoms with E-state index in [9.17, 15) is 9.59 Å². The lowest BCUT2D eigenvalue weighted by molar-refractivity contribution is -0.115. The normalized spacial score (nSPS) is 14.4. The van der Waals surface area contributed by atoms with Gasteiger partial charge in [0.25, 0.3) is 0 Å². The molecule has 1 aliphatic rings. The SMILES string of the molecule is CCOC(=O)c1c(NC(=O)C(C)Sc2nnc3ccccn23)sc2c1CCCC2. The third-order valence-electron chi connectivity index (χ3n) is 4.82. The van der Waals surface area contributed by atoms with Gasteiger partial charge >= 0.3 is 5.97 Å². The van der Waals surface area contributed by atoms with Gasteiger partial charge < -0.3 is 10.1 Å². The van der Waals surface area contributed by atoms with E-state index in [1.54, 1.807) is 6.92 Å². The fourth-order valence-electron chi connectivity index (χ4n) is 3.40. The molecule has 0 saturated carbocycles. The summed E-state index contributed by atoms with van der Waals surface area (Å²) >= 11 is 2.83. The molecule has 0 aromatic carbocycles. The molecule has 9 heteroatoms. The topological polar surface area (TPSA) is 85.6 Å². The molecule has 0 aliphatic heterocycles. The average molecular weight is 431 g/mol. The highest BCUT2D eigenvalue weighted by molar-refractivity contribution is 8.00. The quantitative estimate of drug-likeness (QED) is 0.471. The largest absolute Gasteiger partial charge is 0.462 e. The summed E-state index contributed by atoms with van der Waals surface area (Å²) in [6.07, 6.45) is 5.82.